The van der Waals surface area contributed by atoms with Crippen molar-refractivity contribution < 1.29 is 19.0 Å². The lowest BCUT2D eigenvalue weighted by Crippen LogP contribution is -2.38. The number of pyridine rings is 2. The smallest absolute Gasteiger partial charge is 0.347 e. The molecule has 3 aromatic rings. The third-order valence-electron chi connectivity index (χ3n) is 6.03. The fraction of sp³-hybridized carbons (Fsp3) is 0.346. The summed E-state index contributed by atoms with van der Waals surface area (Å²) in [5.41, 5.74) is 2.45. The number of hydrogen-bond donors (Lipinski definition) is 3. The molecule has 3 N–H and O–H groups in total. The molecule has 1 aliphatic heterocycles. The first-order chi connectivity index (χ1) is 16.3. The lowest BCUT2D eigenvalue weighted by Gasteiger charge is -2.33. The first-order valence-corrected chi connectivity index (χ1v) is 11.4. The minimum Gasteiger partial charge on any atom is -0.478 e. The summed E-state index contributed by atoms with van der Waals surface area (Å²) in [4.78, 5) is 19.8. The average molecular weight is 465 g/mol. The average Bonchev–Trinajstić information content (AvgIpc) is 2.82. The molecule has 0 radical (unpaired) electrons. The number of rotatable bonds is 9. The number of carboxylic acid groups (broad SMARTS) is 1. The summed E-state index contributed by atoms with van der Waals surface area (Å²) in [6, 6.07) is 15.5. The Morgan fingerprint density at radius 2 is 2.06 bits per heavy atom. The topological polar surface area (TPSA) is 96.4 Å². The van der Waals surface area contributed by atoms with Crippen molar-refractivity contribution in [3.8, 4) is 5.88 Å². The van der Waals surface area contributed by atoms with Gasteiger partial charge in [-0.2, -0.15) is 0 Å². The fourth-order valence-electron chi connectivity index (χ4n) is 4.14. The van der Waals surface area contributed by atoms with Gasteiger partial charge in [-0.3, -0.25) is 4.98 Å². The number of hydrogen-bond acceptors (Lipinski definition) is 6. The Kier molecular flexibility index (Phi) is 7.07. The molecule has 0 unspecified atom stereocenters. The highest BCUT2D eigenvalue weighted by Gasteiger charge is 2.30. The minimum atomic E-state index is -1.36. The van der Waals surface area contributed by atoms with Crippen LogP contribution >= 0.6 is 0 Å². The quantitative estimate of drug-likeness (QED) is 0.440. The number of carbonyl (C=O) groups is 1. The number of ether oxygens (including phenoxy) is 1. The van der Waals surface area contributed by atoms with Crippen LogP contribution < -0.4 is 15.4 Å². The zero-order chi connectivity index (χ0) is 24.1. The summed E-state index contributed by atoms with van der Waals surface area (Å²) in [7, 11) is 0. The van der Waals surface area contributed by atoms with Crippen LogP contribution in [-0.4, -0.2) is 39.7 Å². The van der Waals surface area contributed by atoms with Crippen LogP contribution in [0.5, 0.6) is 5.88 Å². The second kappa shape index (κ2) is 10.2. The molecule has 0 fully saturated rings. The molecule has 3 heterocycles. The van der Waals surface area contributed by atoms with Crippen molar-refractivity contribution in [1.29, 1.82) is 0 Å². The second-order valence-corrected chi connectivity index (χ2v) is 9.01. The molecule has 1 aromatic carbocycles. The predicted molar refractivity (Wildman–Crippen MR) is 127 cm³/mol. The molecule has 0 bridgehead atoms. The molecule has 1 aliphatic rings. The largest absolute Gasteiger partial charge is 0.478 e. The van der Waals surface area contributed by atoms with Crippen molar-refractivity contribution in [1.82, 2.24) is 15.3 Å². The van der Waals surface area contributed by atoms with E-state index in [-0.39, 0.29) is 23.7 Å². The fourth-order valence-corrected chi connectivity index (χ4v) is 4.14. The molecule has 8 heteroatoms. The van der Waals surface area contributed by atoms with Gasteiger partial charge < -0.3 is 20.5 Å². The zero-order valence-electron chi connectivity index (χ0n) is 19.3. The van der Waals surface area contributed by atoms with E-state index in [1.165, 1.54) is 31.7 Å². The van der Waals surface area contributed by atoms with Gasteiger partial charge in [0.05, 0.1) is 17.6 Å². The van der Waals surface area contributed by atoms with Crippen molar-refractivity contribution in [2.45, 2.75) is 38.3 Å². The molecule has 34 heavy (non-hydrogen) atoms. The van der Waals surface area contributed by atoms with E-state index in [2.05, 4.69) is 32.7 Å². The molecular weight excluding hydrogens is 435 g/mol. The van der Waals surface area contributed by atoms with E-state index in [0.29, 0.717) is 13.1 Å². The summed E-state index contributed by atoms with van der Waals surface area (Å²) in [5, 5.41) is 16.3. The Morgan fingerprint density at radius 1 is 1.26 bits per heavy atom. The van der Waals surface area contributed by atoms with E-state index < -0.39 is 11.6 Å². The van der Waals surface area contributed by atoms with Crippen LogP contribution in [0.2, 0.25) is 0 Å². The molecule has 0 saturated heterocycles. The normalized spacial score (nSPS) is 16.3. The molecule has 0 aliphatic carbocycles. The molecule has 0 saturated carbocycles. The van der Waals surface area contributed by atoms with Crippen molar-refractivity contribution in [3.05, 3.63) is 83.6 Å². The Hall–Kier alpha value is -3.52. The van der Waals surface area contributed by atoms with Crippen LogP contribution in [-0.2, 0) is 17.6 Å². The SMILES string of the molecule is CC(C)(Oc1cc(CCN[C@H](c2ccccc2)[C@H]2CNc3cc(F)cnc3C2)ccn1)C(=O)O. The molecule has 2 atom stereocenters. The van der Waals surface area contributed by atoms with Crippen LogP contribution in [0.3, 0.4) is 0 Å². The molecule has 178 valence electrons. The van der Waals surface area contributed by atoms with Crippen LogP contribution in [0.25, 0.3) is 0 Å². The van der Waals surface area contributed by atoms with Crippen molar-refractivity contribution >= 4 is 11.7 Å². The molecule has 7 nitrogen and oxygen atoms in total. The number of carboxylic acids is 1. The molecular formula is C26H29FN4O3. The van der Waals surface area contributed by atoms with Gasteiger partial charge in [0.1, 0.15) is 5.82 Å². The van der Waals surface area contributed by atoms with E-state index in [1.807, 2.05) is 24.3 Å². The van der Waals surface area contributed by atoms with Crippen molar-refractivity contribution in [3.63, 3.8) is 0 Å². The number of aliphatic carboxylic acids is 1. The summed E-state index contributed by atoms with van der Waals surface area (Å²) >= 11 is 0. The number of aromatic nitrogens is 2. The summed E-state index contributed by atoms with van der Waals surface area (Å²) in [6.45, 7) is 4.40. The van der Waals surface area contributed by atoms with Gasteiger partial charge in [-0.15, -0.1) is 0 Å². The summed E-state index contributed by atoms with van der Waals surface area (Å²) in [6.07, 6.45) is 4.36. The van der Waals surface area contributed by atoms with Crippen LogP contribution in [0, 0.1) is 11.7 Å². The maximum Gasteiger partial charge on any atom is 0.347 e. The third kappa shape index (κ3) is 5.69. The van der Waals surface area contributed by atoms with Gasteiger partial charge in [0.2, 0.25) is 11.5 Å². The molecule has 0 amide bonds. The highest BCUT2D eigenvalue weighted by molar-refractivity contribution is 5.76. The Morgan fingerprint density at radius 3 is 2.82 bits per heavy atom. The first kappa shape index (κ1) is 23.6. The highest BCUT2D eigenvalue weighted by atomic mass is 19.1. The van der Waals surface area contributed by atoms with Crippen molar-refractivity contribution in [2.75, 3.05) is 18.4 Å². The van der Waals surface area contributed by atoms with Gasteiger partial charge in [-0.1, -0.05) is 30.3 Å². The van der Waals surface area contributed by atoms with Gasteiger partial charge in [0.25, 0.3) is 0 Å². The van der Waals surface area contributed by atoms with E-state index in [9.17, 15) is 14.3 Å². The van der Waals surface area contributed by atoms with Gasteiger partial charge in [-0.25, -0.2) is 14.2 Å². The van der Waals surface area contributed by atoms with Crippen LogP contribution in [0.15, 0.2) is 60.9 Å². The first-order valence-electron chi connectivity index (χ1n) is 11.4. The van der Waals surface area contributed by atoms with Gasteiger partial charge in [0.15, 0.2) is 0 Å². The van der Waals surface area contributed by atoms with E-state index in [0.717, 1.165) is 29.8 Å². The molecule has 2 aromatic heterocycles. The Labute approximate surface area is 198 Å². The van der Waals surface area contributed by atoms with Crippen LogP contribution in [0.4, 0.5) is 10.1 Å². The highest BCUT2D eigenvalue weighted by Crippen LogP contribution is 2.31. The Balaban J connectivity index is 1.44. The van der Waals surface area contributed by atoms with Gasteiger partial charge >= 0.3 is 5.97 Å². The minimum absolute atomic E-state index is 0.0807. The molecule has 0 spiro atoms. The lowest BCUT2D eigenvalue weighted by molar-refractivity contribution is -0.152. The summed E-state index contributed by atoms with van der Waals surface area (Å²) in [5.74, 6) is -0.863. The summed E-state index contributed by atoms with van der Waals surface area (Å²) < 4.78 is 19.1. The van der Waals surface area contributed by atoms with E-state index in [1.54, 1.807) is 12.3 Å². The Bertz CT molecular complexity index is 1140. The maximum atomic E-state index is 13.5. The lowest BCUT2D eigenvalue weighted by atomic mass is 9.86. The number of fused-ring (bicyclic) bond motifs is 1. The van der Waals surface area contributed by atoms with E-state index in [4.69, 9.17) is 4.74 Å². The van der Waals surface area contributed by atoms with Gasteiger partial charge in [-0.05, 0) is 50.4 Å². The third-order valence-corrected chi connectivity index (χ3v) is 6.03. The number of halogens is 1. The van der Waals surface area contributed by atoms with Crippen molar-refractivity contribution in [2.24, 2.45) is 5.92 Å². The molecule has 4 rings (SSSR count). The van der Waals surface area contributed by atoms with Crippen LogP contribution in [0.1, 0.15) is 36.7 Å². The number of nitrogens with zero attached hydrogens (tertiary/aromatic N) is 2. The van der Waals surface area contributed by atoms with Gasteiger partial charge in [0, 0.05) is 36.8 Å². The second-order valence-electron chi connectivity index (χ2n) is 9.01. The zero-order valence-corrected chi connectivity index (χ0v) is 19.3. The number of nitrogens with one attached hydrogen (secondary N) is 2. The maximum absolute atomic E-state index is 13.5. The standard InChI is InChI=1S/C26H29FN4O3/c1-26(2,25(32)33)34-23-12-17(8-10-28-23)9-11-29-24(18-6-4-3-5-7-18)19-13-21-22(30-15-19)14-20(27)16-31-21/h3-8,10,12,14,16,19,24,29-30H,9,11,13,15H2,1-2H3,(H,32,33)/t19-,24-/m1/s1. The number of benzene rings is 1. The monoisotopic (exact) mass is 464 g/mol. The predicted octanol–water partition coefficient (Wildman–Crippen LogP) is 4.02. The van der Waals surface area contributed by atoms with E-state index >= 15 is 0 Å². The number of anilines is 1.